The Hall–Kier alpha value is -2.62. The number of carbonyl (C=O) groups excluding carboxylic acids is 2. The summed E-state index contributed by atoms with van der Waals surface area (Å²) in [7, 11) is 0. The normalized spacial score (nSPS) is 11.0. The quantitative estimate of drug-likeness (QED) is 0.0668. The molecule has 0 heterocycles. The summed E-state index contributed by atoms with van der Waals surface area (Å²) in [5.74, 6) is 0.833. The zero-order valence-electron chi connectivity index (χ0n) is 26.8. The van der Waals surface area contributed by atoms with E-state index in [9.17, 15) is 9.59 Å². The van der Waals surface area contributed by atoms with Crippen molar-refractivity contribution in [1.82, 2.24) is 0 Å². The number of unbranched alkanes of at least 4 members (excludes halogenated alkanes) is 18. The lowest BCUT2D eigenvalue weighted by Gasteiger charge is -2.08. The minimum absolute atomic E-state index is 0.161. The lowest BCUT2D eigenvalue weighted by molar-refractivity contribution is -0.135. The molecule has 4 nitrogen and oxygen atoms in total. The second kappa shape index (κ2) is 23.9. The van der Waals surface area contributed by atoms with Crippen LogP contribution in [0.4, 0.5) is 0 Å². The summed E-state index contributed by atoms with van der Waals surface area (Å²) >= 11 is 0. The van der Waals surface area contributed by atoms with Crippen LogP contribution in [0, 0.1) is 0 Å². The maximum Gasteiger partial charge on any atom is 0.311 e. The zero-order chi connectivity index (χ0) is 30.1. The third-order valence-electron chi connectivity index (χ3n) is 7.97. The molecule has 0 bridgehead atoms. The van der Waals surface area contributed by atoms with Crippen LogP contribution in [-0.4, -0.2) is 11.9 Å². The standard InChI is InChI=1S/C38H58O4/c1-3-5-7-9-11-13-15-17-19-21-23-37(39)41-35-29-25-33(26-30-35)34-27-31-36(32-28-34)42-38(40)24-22-20-18-16-14-12-10-8-6-4-2/h25-32H,3-24H2,1-2H3. The van der Waals surface area contributed by atoms with Crippen LogP contribution in [0.3, 0.4) is 0 Å². The molecule has 234 valence electrons. The molecule has 2 aromatic rings. The van der Waals surface area contributed by atoms with Crippen molar-refractivity contribution in [3.63, 3.8) is 0 Å². The highest BCUT2D eigenvalue weighted by atomic mass is 16.5. The maximum absolute atomic E-state index is 12.2. The molecule has 0 fully saturated rings. The average Bonchev–Trinajstić information content (AvgIpc) is 3.00. The third kappa shape index (κ3) is 17.4. The largest absolute Gasteiger partial charge is 0.427 e. The molecule has 0 aliphatic heterocycles. The number of hydrogen-bond acceptors (Lipinski definition) is 4. The molecular weight excluding hydrogens is 520 g/mol. The Morgan fingerprint density at radius 1 is 0.405 bits per heavy atom. The molecule has 2 rings (SSSR count). The zero-order valence-corrected chi connectivity index (χ0v) is 26.8. The number of benzene rings is 2. The minimum Gasteiger partial charge on any atom is -0.427 e. The van der Waals surface area contributed by atoms with Crippen LogP contribution < -0.4 is 9.47 Å². The van der Waals surface area contributed by atoms with Gasteiger partial charge in [-0.15, -0.1) is 0 Å². The van der Waals surface area contributed by atoms with Gasteiger partial charge >= 0.3 is 11.9 Å². The molecule has 0 aliphatic carbocycles. The van der Waals surface area contributed by atoms with Crippen molar-refractivity contribution in [3.8, 4) is 22.6 Å². The van der Waals surface area contributed by atoms with Crippen molar-refractivity contribution < 1.29 is 19.1 Å². The van der Waals surface area contributed by atoms with E-state index in [2.05, 4.69) is 13.8 Å². The smallest absolute Gasteiger partial charge is 0.311 e. The molecule has 0 aliphatic rings. The van der Waals surface area contributed by atoms with E-state index in [1.54, 1.807) is 0 Å². The Labute approximate surface area is 257 Å². The second-order valence-corrected chi connectivity index (χ2v) is 11.9. The van der Waals surface area contributed by atoms with E-state index in [1.807, 2.05) is 48.5 Å². The fourth-order valence-corrected chi connectivity index (χ4v) is 5.31. The monoisotopic (exact) mass is 578 g/mol. The second-order valence-electron chi connectivity index (χ2n) is 11.9. The lowest BCUT2D eigenvalue weighted by atomic mass is 10.1. The highest BCUT2D eigenvalue weighted by molar-refractivity contribution is 5.74. The van der Waals surface area contributed by atoms with E-state index in [4.69, 9.17) is 9.47 Å². The van der Waals surface area contributed by atoms with Gasteiger partial charge in [0.15, 0.2) is 0 Å². The van der Waals surface area contributed by atoms with Gasteiger partial charge in [0.25, 0.3) is 0 Å². The molecule has 0 unspecified atom stereocenters. The molecule has 0 spiro atoms. The van der Waals surface area contributed by atoms with Crippen molar-refractivity contribution in [1.29, 1.82) is 0 Å². The summed E-state index contributed by atoms with van der Waals surface area (Å²) < 4.78 is 11.1. The molecule has 42 heavy (non-hydrogen) atoms. The first kappa shape index (κ1) is 35.6. The number of hydrogen-bond donors (Lipinski definition) is 0. The molecule has 0 N–H and O–H groups in total. The van der Waals surface area contributed by atoms with Crippen LogP contribution in [0.25, 0.3) is 11.1 Å². The predicted octanol–water partition coefficient (Wildman–Crippen LogP) is 11.8. The molecule has 0 saturated heterocycles. The highest BCUT2D eigenvalue weighted by Gasteiger charge is 2.08. The predicted molar refractivity (Wildman–Crippen MR) is 176 cm³/mol. The summed E-state index contributed by atoms with van der Waals surface area (Å²) in [5, 5.41) is 0. The van der Waals surface area contributed by atoms with Gasteiger partial charge in [0.1, 0.15) is 11.5 Å². The van der Waals surface area contributed by atoms with Gasteiger partial charge in [-0.05, 0) is 48.2 Å². The van der Waals surface area contributed by atoms with Crippen molar-refractivity contribution in [2.24, 2.45) is 0 Å². The first-order valence-electron chi connectivity index (χ1n) is 17.2. The Balaban J connectivity index is 1.57. The molecule has 0 saturated carbocycles. The molecule has 0 amide bonds. The van der Waals surface area contributed by atoms with Gasteiger partial charge in [0, 0.05) is 12.8 Å². The van der Waals surface area contributed by atoms with E-state index in [0.717, 1.165) is 36.8 Å². The first-order valence-corrected chi connectivity index (χ1v) is 17.2. The van der Waals surface area contributed by atoms with Gasteiger partial charge < -0.3 is 9.47 Å². The summed E-state index contributed by atoms with van der Waals surface area (Å²) in [6.45, 7) is 4.50. The fourth-order valence-electron chi connectivity index (χ4n) is 5.31. The van der Waals surface area contributed by atoms with E-state index >= 15 is 0 Å². The van der Waals surface area contributed by atoms with Gasteiger partial charge in [-0.3, -0.25) is 9.59 Å². The van der Waals surface area contributed by atoms with E-state index in [1.165, 1.54) is 103 Å². The summed E-state index contributed by atoms with van der Waals surface area (Å²) in [4.78, 5) is 24.5. The molecule has 2 aromatic carbocycles. The highest BCUT2D eigenvalue weighted by Crippen LogP contribution is 2.25. The molecule has 0 radical (unpaired) electrons. The molecule has 4 heteroatoms. The number of esters is 2. The molecular formula is C38H58O4. The van der Waals surface area contributed by atoms with Gasteiger partial charge in [-0.2, -0.15) is 0 Å². The Morgan fingerprint density at radius 2 is 0.667 bits per heavy atom. The fraction of sp³-hybridized carbons (Fsp3) is 0.632. The van der Waals surface area contributed by atoms with E-state index in [-0.39, 0.29) is 11.9 Å². The van der Waals surface area contributed by atoms with Crippen LogP contribution in [-0.2, 0) is 9.59 Å². The summed E-state index contributed by atoms with van der Waals surface area (Å²) in [6.07, 6.45) is 25.9. The summed E-state index contributed by atoms with van der Waals surface area (Å²) in [5.41, 5.74) is 2.04. The number of rotatable bonds is 25. The lowest BCUT2D eigenvalue weighted by Crippen LogP contribution is -2.07. The van der Waals surface area contributed by atoms with Crippen LogP contribution in [0.1, 0.15) is 155 Å². The van der Waals surface area contributed by atoms with Gasteiger partial charge in [-0.25, -0.2) is 0 Å². The van der Waals surface area contributed by atoms with Gasteiger partial charge in [0.05, 0.1) is 0 Å². The SMILES string of the molecule is CCCCCCCCCCCCC(=O)Oc1ccc(-c2ccc(OC(=O)CCCCCCCCCCCC)cc2)cc1. The molecule has 0 atom stereocenters. The third-order valence-corrected chi connectivity index (χ3v) is 7.97. The van der Waals surface area contributed by atoms with Gasteiger partial charge in [0.2, 0.25) is 0 Å². The van der Waals surface area contributed by atoms with Crippen molar-refractivity contribution in [2.45, 2.75) is 155 Å². The van der Waals surface area contributed by atoms with Crippen LogP contribution in [0.5, 0.6) is 11.5 Å². The van der Waals surface area contributed by atoms with E-state index < -0.39 is 0 Å². The van der Waals surface area contributed by atoms with Crippen molar-refractivity contribution >= 4 is 11.9 Å². The van der Waals surface area contributed by atoms with E-state index in [0.29, 0.717) is 24.3 Å². The summed E-state index contributed by atoms with van der Waals surface area (Å²) in [6, 6.07) is 15.2. The minimum atomic E-state index is -0.161. The Bertz CT molecular complexity index is 869. The molecule has 0 aromatic heterocycles. The van der Waals surface area contributed by atoms with Crippen LogP contribution >= 0.6 is 0 Å². The Morgan fingerprint density at radius 3 is 0.952 bits per heavy atom. The van der Waals surface area contributed by atoms with Gasteiger partial charge in [-0.1, -0.05) is 154 Å². The average molecular weight is 579 g/mol. The maximum atomic E-state index is 12.2. The van der Waals surface area contributed by atoms with Crippen LogP contribution in [0.2, 0.25) is 0 Å². The number of carbonyl (C=O) groups is 2. The first-order chi connectivity index (χ1) is 20.6. The van der Waals surface area contributed by atoms with Crippen molar-refractivity contribution in [3.05, 3.63) is 48.5 Å². The van der Waals surface area contributed by atoms with Crippen LogP contribution in [0.15, 0.2) is 48.5 Å². The number of ether oxygens (including phenoxy) is 2. The Kier molecular flexibility index (Phi) is 20.2. The van der Waals surface area contributed by atoms with Crippen molar-refractivity contribution in [2.75, 3.05) is 0 Å². The topological polar surface area (TPSA) is 52.6 Å².